The minimum Gasteiger partial charge on any atom is -0.480 e. The summed E-state index contributed by atoms with van der Waals surface area (Å²) in [7, 11) is 0. The first-order valence-corrected chi connectivity index (χ1v) is 6.32. The number of anilines is 1. The highest BCUT2D eigenvalue weighted by atomic mass is 32.1. The van der Waals surface area contributed by atoms with Crippen LogP contribution in [0.1, 0.15) is 25.6 Å². The van der Waals surface area contributed by atoms with E-state index in [4.69, 9.17) is 14.6 Å². The Balaban J connectivity index is 2.42. The molecule has 0 saturated carbocycles. The number of carbonyl (C=O) groups is 2. The first-order chi connectivity index (χ1) is 8.76. The molecule has 1 rings (SSSR count). The van der Waals surface area contributed by atoms with Gasteiger partial charge in [0.05, 0.1) is 11.5 Å². The molecule has 1 heterocycles. The van der Waals surface area contributed by atoms with E-state index in [1.165, 1.54) is 17.5 Å². The molecule has 0 aliphatic heterocycles. The highest BCUT2D eigenvalue weighted by Crippen LogP contribution is 2.19. The number of carboxylic acid groups (broad SMARTS) is 1. The number of rotatable bonds is 5. The Bertz CT molecular complexity index is 452. The third-order valence-corrected chi connectivity index (χ3v) is 2.52. The molecule has 0 fully saturated rings. The van der Waals surface area contributed by atoms with Gasteiger partial charge in [0.15, 0.2) is 5.13 Å². The number of carbonyl (C=O) groups excluding carboxylic acids is 1. The van der Waals surface area contributed by atoms with E-state index in [9.17, 15) is 9.59 Å². The van der Waals surface area contributed by atoms with Crippen molar-refractivity contribution >= 4 is 28.5 Å². The van der Waals surface area contributed by atoms with Gasteiger partial charge < -0.3 is 14.6 Å². The van der Waals surface area contributed by atoms with Crippen molar-refractivity contribution in [2.45, 2.75) is 33.0 Å². The number of ether oxygens (including phenoxy) is 2. The zero-order chi connectivity index (χ0) is 14.5. The molecule has 1 amide bonds. The number of hydrogen-bond acceptors (Lipinski definition) is 6. The van der Waals surface area contributed by atoms with Crippen LogP contribution in [0.4, 0.5) is 9.93 Å². The summed E-state index contributed by atoms with van der Waals surface area (Å²) < 4.78 is 9.98. The van der Waals surface area contributed by atoms with Gasteiger partial charge in [0.25, 0.3) is 0 Å². The van der Waals surface area contributed by atoms with Crippen LogP contribution in [0.2, 0.25) is 0 Å². The molecular weight excluding hydrogens is 272 g/mol. The third-order valence-electron chi connectivity index (χ3n) is 1.63. The largest absolute Gasteiger partial charge is 0.480 e. The Kier molecular flexibility index (Phi) is 5.25. The lowest BCUT2D eigenvalue weighted by molar-refractivity contribution is -0.142. The highest BCUT2D eigenvalue weighted by Gasteiger charge is 2.17. The molecule has 0 aliphatic carbocycles. The van der Waals surface area contributed by atoms with Crippen LogP contribution < -0.4 is 5.32 Å². The number of aliphatic carboxylic acids is 1. The number of hydrogen-bond donors (Lipinski definition) is 2. The maximum atomic E-state index is 11.5. The van der Waals surface area contributed by atoms with E-state index in [2.05, 4.69) is 10.3 Å². The van der Waals surface area contributed by atoms with Crippen molar-refractivity contribution in [3.05, 3.63) is 11.1 Å². The van der Waals surface area contributed by atoms with Crippen LogP contribution in [0.25, 0.3) is 0 Å². The molecule has 1 aromatic rings. The predicted octanol–water partition coefficient (Wildman–Crippen LogP) is 2.09. The summed E-state index contributed by atoms with van der Waals surface area (Å²) in [6.45, 7) is 5.06. The molecule has 2 N–H and O–H groups in total. The second-order valence-corrected chi connectivity index (χ2v) is 5.76. The smallest absolute Gasteiger partial charge is 0.413 e. The molecule has 8 heteroatoms. The monoisotopic (exact) mass is 288 g/mol. The fourth-order valence-electron chi connectivity index (χ4n) is 1.06. The van der Waals surface area contributed by atoms with Gasteiger partial charge >= 0.3 is 12.1 Å². The molecule has 7 nitrogen and oxygen atoms in total. The molecule has 106 valence electrons. The van der Waals surface area contributed by atoms with Crippen molar-refractivity contribution in [3.8, 4) is 0 Å². The van der Waals surface area contributed by atoms with Crippen molar-refractivity contribution in [1.82, 2.24) is 4.98 Å². The van der Waals surface area contributed by atoms with Crippen LogP contribution in [-0.2, 0) is 20.9 Å². The van der Waals surface area contributed by atoms with Gasteiger partial charge in [0, 0.05) is 6.20 Å². The molecule has 0 bridgehead atoms. The second kappa shape index (κ2) is 6.48. The van der Waals surface area contributed by atoms with Gasteiger partial charge in [-0.25, -0.2) is 14.6 Å². The lowest BCUT2D eigenvalue weighted by Crippen LogP contribution is -2.27. The summed E-state index contributed by atoms with van der Waals surface area (Å²) in [5.41, 5.74) is -0.575. The van der Waals surface area contributed by atoms with Gasteiger partial charge in [0.1, 0.15) is 12.2 Å². The number of nitrogens with zero attached hydrogens (tertiary/aromatic N) is 1. The molecule has 0 aliphatic rings. The summed E-state index contributed by atoms with van der Waals surface area (Å²) in [4.78, 5) is 26.4. The Morgan fingerprint density at radius 3 is 2.74 bits per heavy atom. The van der Waals surface area contributed by atoms with Gasteiger partial charge in [-0.1, -0.05) is 11.3 Å². The number of nitrogens with one attached hydrogen (secondary N) is 1. The van der Waals surface area contributed by atoms with Crippen LogP contribution in [0.3, 0.4) is 0 Å². The molecule has 1 aromatic heterocycles. The van der Waals surface area contributed by atoms with E-state index >= 15 is 0 Å². The zero-order valence-corrected chi connectivity index (χ0v) is 11.7. The number of aromatic nitrogens is 1. The van der Waals surface area contributed by atoms with Crippen LogP contribution in [0, 0.1) is 0 Å². The lowest BCUT2D eigenvalue weighted by Gasteiger charge is -2.18. The SMILES string of the molecule is CC(C)(C)OC(=O)Nc1ncc(COCC(=O)O)s1. The summed E-state index contributed by atoms with van der Waals surface area (Å²) in [6, 6.07) is 0. The number of carboxylic acids is 1. The minimum absolute atomic E-state index is 0.139. The van der Waals surface area contributed by atoms with Gasteiger partial charge in [-0.3, -0.25) is 5.32 Å². The van der Waals surface area contributed by atoms with E-state index in [1.807, 2.05) is 0 Å². The quantitative estimate of drug-likeness (QED) is 0.861. The van der Waals surface area contributed by atoms with Gasteiger partial charge in [-0.2, -0.15) is 0 Å². The maximum Gasteiger partial charge on any atom is 0.413 e. The predicted molar refractivity (Wildman–Crippen MR) is 69.3 cm³/mol. The van der Waals surface area contributed by atoms with Crippen LogP contribution in [-0.4, -0.2) is 34.4 Å². The molecular formula is C11H16N2O5S. The van der Waals surface area contributed by atoms with E-state index in [1.54, 1.807) is 20.8 Å². The van der Waals surface area contributed by atoms with Gasteiger partial charge in [0.2, 0.25) is 0 Å². The zero-order valence-electron chi connectivity index (χ0n) is 10.9. The van der Waals surface area contributed by atoms with Crippen LogP contribution >= 0.6 is 11.3 Å². The lowest BCUT2D eigenvalue weighted by atomic mass is 10.2. The molecule has 0 radical (unpaired) electrons. The molecule has 0 saturated heterocycles. The van der Waals surface area contributed by atoms with Crippen LogP contribution in [0.5, 0.6) is 0 Å². The van der Waals surface area contributed by atoms with E-state index < -0.39 is 17.7 Å². The number of thiazole rings is 1. The standard InChI is InChI=1S/C11H16N2O5S/c1-11(2,3)18-10(16)13-9-12-4-7(19-9)5-17-6-8(14)15/h4H,5-6H2,1-3H3,(H,14,15)(H,12,13,16). The normalized spacial score (nSPS) is 11.1. The molecule has 19 heavy (non-hydrogen) atoms. The highest BCUT2D eigenvalue weighted by molar-refractivity contribution is 7.15. The van der Waals surface area contributed by atoms with Crippen molar-refractivity contribution in [2.24, 2.45) is 0 Å². The summed E-state index contributed by atoms with van der Waals surface area (Å²) in [5, 5.41) is 11.3. The third kappa shape index (κ3) is 6.73. The maximum absolute atomic E-state index is 11.5. The molecule has 0 unspecified atom stereocenters. The summed E-state index contributed by atoms with van der Waals surface area (Å²) >= 11 is 1.20. The fourth-order valence-corrected chi connectivity index (χ4v) is 1.80. The first-order valence-electron chi connectivity index (χ1n) is 5.50. The average molecular weight is 288 g/mol. The van der Waals surface area contributed by atoms with Crippen molar-refractivity contribution in [2.75, 3.05) is 11.9 Å². The van der Waals surface area contributed by atoms with E-state index in [0.29, 0.717) is 10.0 Å². The topological polar surface area (TPSA) is 97.8 Å². The molecule has 0 aromatic carbocycles. The van der Waals surface area contributed by atoms with Crippen molar-refractivity contribution < 1.29 is 24.2 Å². The van der Waals surface area contributed by atoms with Crippen LogP contribution in [0.15, 0.2) is 6.20 Å². The van der Waals surface area contributed by atoms with E-state index in [0.717, 1.165) is 0 Å². The first kappa shape index (κ1) is 15.4. The average Bonchev–Trinajstić information content (AvgIpc) is 2.61. The second-order valence-electron chi connectivity index (χ2n) is 4.65. The summed E-state index contributed by atoms with van der Waals surface area (Å²) in [5.74, 6) is -1.03. The van der Waals surface area contributed by atoms with Gasteiger partial charge in [-0.05, 0) is 20.8 Å². The molecule has 0 spiro atoms. The van der Waals surface area contributed by atoms with Crippen molar-refractivity contribution in [1.29, 1.82) is 0 Å². The Morgan fingerprint density at radius 2 is 2.16 bits per heavy atom. The Morgan fingerprint density at radius 1 is 1.47 bits per heavy atom. The Hall–Kier alpha value is -1.67. The van der Waals surface area contributed by atoms with Crippen molar-refractivity contribution in [3.63, 3.8) is 0 Å². The summed E-state index contributed by atoms with van der Waals surface area (Å²) in [6.07, 6.45) is 0.930. The van der Waals surface area contributed by atoms with Gasteiger partial charge in [-0.15, -0.1) is 0 Å². The molecule has 0 atom stereocenters. The van der Waals surface area contributed by atoms with E-state index in [-0.39, 0.29) is 13.2 Å². The minimum atomic E-state index is -1.03. The fraction of sp³-hybridized carbons (Fsp3) is 0.545. The Labute approximate surface area is 114 Å². The number of amides is 1.